The molecule has 0 aromatic heterocycles. The van der Waals surface area contributed by atoms with Crippen LogP contribution in [0.2, 0.25) is 0 Å². The van der Waals surface area contributed by atoms with Gasteiger partial charge in [-0.05, 0) is 30.5 Å². The molecule has 1 amide bonds. The quantitative estimate of drug-likeness (QED) is 0.827. The molecule has 0 spiro atoms. The first-order valence-electron chi connectivity index (χ1n) is 7.94. The number of hydrogen-bond acceptors (Lipinski definition) is 4. The van der Waals surface area contributed by atoms with Crippen molar-refractivity contribution in [1.82, 2.24) is 4.90 Å². The van der Waals surface area contributed by atoms with E-state index in [0.717, 1.165) is 17.7 Å². The van der Waals surface area contributed by atoms with Crippen molar-refractivity contribution in [3.63, 3.8) is 0 Å². The van der Waals surface area contributed by atoms with Crippen LogP contribution in [0.1, 0.15) is 25.3 Å². The molecule has 23 heavy (non-hydrogen) atoms. The second-order valence-corrected chi connectivity index (χ2v) is 5.53. The van der Waals surface area contributed by atoms with Gasteiger partial charge >= 0.3 is 5.97 Å². The Kier molecular flexibility index (Phi) is 6.40. The van der Waals surface area contributed by atoms with Crippen LogP contribution in [0.5, 0.6) is 5.75 Å². The van der Waals surface area contributed by atoms with Gasteiger partial charge in [-0.15, -0.1) is 0 Å². The van der Waals surface area contributed by atoms with Crippen LogP contribution in [-0.4, -0.2) is 54.3 Å². The molecule has 6 nitrogen and oxygen atoms in total. The molecule has 1 heterocycles. The molecule has 1 atom stereocenters. The first-order chi connectivity index (χ1) is 11.1. The molecule has 1 saturated heterocycles. The Bertz CT molecular complexity index is 528. The van der Waals surface area contributed by atoms with Gasteiger partial charge in [-0.1, -0.05) is 19.1 Å². The molecule has 2 rings (SSSR count). The Hall–Kier alpha value is -2.08. The third-order valence-corrected chi connectivity index (χ3v) is 3.72. The lowest BCUT2D eigenvalue weighted by Crippen LogP contribution is -2.48. The van der Waals surface area contributed by atoms with Crippen LogP contribution in [0.4, 0.5) is 0 Å². The average Bonchev–Trinajstić information content (AvgIpc) is 2.58. The molecule has 0 bridgehead atoms. The number of amides is 1. The number of carboxylic acid groups (broad SMARTS) is 1. The first kappa shape index (κ1) is 17.3. The molecule has 1 aromatic rings. The molecule has 1 unspecified atom stereocenters. The summed E-state index contributed by atoms with van der Waals surface area (Å²) < 4.78 is 10.6. The van der Waals surface area contributed by atoms with E-state index in [4.69, 9.17) is 14.6 Å². The van der Waals surface area contributed by atoms with Crippen LogP contribution in [0, 0.1) is 0 Å². The fourth-order valence-electron chi connectivity index (χ4n) is 2.41. The summed E-state index contributed by atoms with van der Waals surface area (Å²) >= 11 is 0. The van der Waals surface area contributed by atoms with Crippen molar-refractivity contribution in [2.75, 3.05) is 26.3 Å². The highest BCUT2D eigenvalue weighted by Crippen LogP contribution is 2.15. The Morgan fingerprint density at radius 1 is 1.35 bits per heavy atom. The van der Waals surface area contributed by atoms with Gasteiger partial charge in [0.1, 0.15) is 5.75 Å². The molecule has 1 fully saturated rings. The van der Waals surface area contributed by atoms with Gasteiger partial charge in [0.25, 0.3) is 0 Å². The van der Waals surface area contributed by atoms with Crippen LogP contribution >= 0.6 is 0 Å². The lowest BCUT2D eigenvalue weighted by atomic mass is 10.1. The maximum Gasteiger partial charge on any atom is 0.334 e. The number of morpholine rings is 1. The topological polar surface area (TPSA) is 76.1 Å². The molecule has 1 N–H and O–H groups in total. The van der Waals surface area contributed by atoms with Gasteiger partial charge in [-0.25, -0.2) is 4.79 Å². The second kappa shape index (κ2) is 8.53. The lowest BCUT2D eigenvalue weighted by molar-refractivity contribution is -0.159. The summed E-state index contributed by atoms with van der Waals surface area (Å²) in [4.78, 5) is 24.7. The molecule has 1 aliphatic rings. The minimum atomic E-state index is -1.02. The van der Waals surface area contributed by atoms with Crippen LogP contribution in [0.15, 0.2) is 24.3 Å². The molecule has 1 aromatic carbocycles. The Morgan fingerprint density at radius 3 is 2.74 bits per heavy atom. The van der Waals surface area contributed by atoms with Crippen molar-refractivity contribution < 1.29 is 24.2 Å². The van der Waals surface area contributed by atoms with Gasteiger partial charge < -0.3 is 19.5 Å². The summed E-state index contributed by atoms with van der Waals surface area (Å²) in [5.41, 5.74) is 1.06. The van der Waals surface area contributed by atoms with E-state index in [1.165, 1.54) is 0 Å². The van der Waals surface area contributed by atoms with Gasteiger partial charge in [0.05, 0.1) is 19.8 Å². The SMILES string of the molecule is CCCOc1ccc(CCC(=O)N2CCOC(C(=O)O)C2)cc1. The van der Waals surface area contributed by atoms with Crippen molar-refractivity contribution >= 4 is 11.9 Å². The van der Waals surface area contributed by atoms with Crippen molar-refractivity contribution in [3.8, 4) is 5.75 Å². The van der Waals surface area contributed by atoms with E-state index in [2.05, 4.69) is 6.92 Å². The number of carbonyl (C=O) groups is 2. The van der Waals surface area contributed by atoms with E-state index in [9.17, 15) is 9.59 Å². The number of aryl methyl sites for hydroxylation is 1. The smallest absolute Gasteiger partial charge is 0.334 e. The van der Waals surface area contributed by atoms with Crippen LogP contribution in [-0.2, 0) is 20.7 Å². The molecular formula is C17H23NO5. The van der Waals surface area contributed by atoms with E-state index in [-0.39, 0.29) is 19.1 Å². The van der Waals surface area contributed by atoms with E-state index in [1.54, 1.807) is 4.90 Å². The lowest BCUT2D eigenvalue weighted by Gasteiger charge is -2.31. The maximum atomic E-state index is 12.2. The van der Waals surface area contributed by atoms with Crippen LogP contribution < -0.4 is 4.74 Å². The molecule has 126 valence electrons. The number of carbonyl (C=O) groups excluding carboxylic acids is 1. The number of hydrogen-bond donors (Lipinski definition) is 1. The minimum absolute atomic E-state index is 0.0362. The molecule has 0 aliphatic carbocycles. The van der Waals surface area contributed by atoms with Crippen LogP contribution in [0.3, 0.4) is 0 Å². The molecule has 0 radical (unpaired) electrons. The van der Waals surface area contributed by atoms with Gasteiger partial charge in [0, 0.05) is 13.0 Å². The molecule has 0 saturated carbocycles. The predicted molar refractivity (Wildman–Crippen MR) is 84.5 cm³/mol. The number of benzene rings is 1. The zero-order chi connectivity index (χ0) is 16.7. The van der Waals surface area contributed by atoms with Gasteiger partial charge in [0.2, 0.25) is 5.91 Å². The fraction of sp³-hybridized carbons (Fsp3) is 0.529. The van der Waals surface area contributed by atoms with Gasteiger partial charge in [0.15, 0.2) is 6.10 Å². The van der Waals surface area contributed by atoms with Crippen molar-refractivity contribution in [1.29, 1.82) is 0 Å². The third kappa shape index (κ3) is 5.25. The zero-order valence-corrected chi connectivity index (χ0v) is 13.4. The summed E-state index contributed by atoms with van der Waals surface area (Å²) in [5.74, 6) is -0.226. The highest BCUT2D eigenvalue weighted by atomic mass is 16.5. The second-order valence-electron chi connectivity index (χ2n) is 5.53. The summed E-state index contributed by atoms with van der Waals surface area (Å²) in [6.45, 7) is 3.59. The largest absolute Gasteiger partial charge is 0.494 e. The standard InChI is InChI=1S/C17H23NO5/c1-2-10-22-14-6-3-13(4-7-14)5-8-16(19)18-9-11-23-15(12-18)17(20)21/h3-4,6-7,15H,2,5,8-12H2,1H3,(H,20,21). The van der Waals surface area contributed by atoms with Crippen molar-refractivity contribution in [3.05, 3.63) is 29.8 Å². The minimum Gasteiger partial charge on any atom is -0.494 e. The number of aliphatic carboxylic acids is 1. The number of nitrogens with zero attached hydrogens (tertiary/aromatic N) is 1. The van der Waals surface area contributed by atoms with Crippen LogP contribution in [0.25, 0.3) is 0 Å². The van der Waals surface area contributed by atoms with E-state index >= 15 is 0 Å². The Labute approximate surface area is 136 Å². The Morgan fingerprint density at radius 2 is 2.09 bits per heavy atom. The number of ether oxygens (including phenoxy) is 2. The number of rotatable bonds is 7. The molecule has 6 heteroatoms. The normalized spacial score (nSPS) is 17.8. The highest BCUT2D eigenvalue weighted by molar-refractivity contribution is 5.78. The van der Waals surface area contributed by atoms with Crippen molar-refractivity contribution in [2.24, 2.45) is 0 Å². The van der Waals surface area contributed by atoms with Gasteiger partial charge in [-0.3, -0.25) is 4.79 Å². The summed E-state index contributed by atoms with van der Waals surface area (Å²) in [6, 6.07) is 7.73. The monoisotopic (exact) mass is 321 g/mol. The van der Waals surface area contributed by atoms with E-state index < -0.39 is 12.1 Å². The predicted octanol–water partition coefficient (Wildman–Crippen LogP) is 1.72. The Balaban J connectivity index is 1.80. The van der Waals surface area contributed by atoms with Gasteiger partial charge in [-0.2, -0.15) is 0 Å². The first-order valence-corrected chi connectivity index (χ1v) is 7.94. The zero-order valence-electron chi connectivity index (χ0n) is 13.4. The molecular weight excluding hydrogens is 298 g/mol. The summed E-state index contributed by atoms with van der Waals surface area (Å²) in [6.07, 6.45) is 1.04. The van der Waals surface area contributed by atoms with E-state index in [0.29, 0.717) is 26.0 Å². The number of carboxylic acids is 1. The third-order valence-electron chi connectivity index (χ3n) is 3.72. The summed E-state index contributed by atoms with van der Waals surface area (Å²) in [7, 11) is 0. The summed E-state index contributed by atoms with van der Waals surface area (Å²) in [5, 5.41) is 8.96. The van der Waals surface area contributed by atoms with E-state index in [1.807, 2.05) is 24.3 Å². The maximum absolute atomic E-state index is 12.2. The average molecular weight is 321 g/mol. The fourth-order valence-corrected chi connectivity index (χ4v) is 2.41. The molecule has 1 aliphatic heterocycles. The van der Waals surface area contributed by atoms with Crippen molar-refractivity contribution in [2.45, 2.75) is 32.3 Å². The highest BCUT2D eigenvalue weighted by Gasteiger charge is 2.28.